The van der Waals surface area contributed by atoms with E-state index in [-0.39, 0.29) is 0 Å². The van der Waals surface area contributed by atoms with E-state index < -0.39 is 0 Å². The fourth-order valence-electron chi connectivity index (χ4n) is 11.7. The van der Waals surface area contributed by atoms with Gasteiger partial charge in [0, 0.05) is 61.3 Å². The Kier molecular flexibility index (Phi) is 8.29. The van der Waals surface area contributed by atoms with Gasteiger partial charge in [0.15, 0.2) is 0 Å². The number of hydrogen-bond acceptors (Lipinski definition) is 1. The molecule has 0 bridgehead atoms. The van der Waals surface area contributed by atoms with E-state index in [1.807, 2.05) is 6.20 Å². The second-order valence-electron chi connectivity index (χ2n) is 18.3. The minimum atomic E-state index is 0.937. The highest BCUT2D eigenvalue weighted by Crippen LogP contribution is 2.42. The van der Waals surface area contributed by atoms with Crippen LogP contribution in [0.3, 0.4) is 0 Å². The largest absolute Gasteiger partial charge is 0.309 e. The van der Waals surface area contributed by atoms with Crippen LogP contribution < -0.4 is 0 Å². The summed E-state index contributed by atoms with van der Waals surface area (Å²) >= 11 is 0. The molecule has 15 rings (SSSR count). The third kappa shape index (κ3) is 5.57. The summed E-state index contributed by atoms with van der Waals surface area (Å²) in [6.45, 7) is 0. The molecule has 0 N–H and O–H groups in total. The van der Waals surface area contributed by atoms with Crippen LogP contribution in [-0.4, -0.2) is 23.3 Å². The van der Waals surface area contributed by atoms with Crippen molar-refractivity contribution in [3.63, 3.8) is 0 Å². The third-order valence-corrected chi connectivity index (χ3v) is 14.6. The first-order valence-corrected chi connectivity index (χ1v) is 24.0. The third-order valence-electron chi connectivity index (χ3n) is 14.6. The number of hydrogen-bond donors (Lipinski definition) is 0. The standard InChI is InChI=1S/C65H41N5/c1-3-18-42(19-4-1)67-61-31-15-16-32-62(61)68(43-20-5-2-6-21-43)64-41-56-55(40-63(64)67)54-39-45(70-59-29-13-9-24-50(59)51-25-10-14-30-60(51)70)34-36-47(54)46-35-33-44(38-53(46)52-26-17-37-66-65(52)56)69-57-27-11-7-22-48(57)49-23-8-12-28-58(49)69/h1-41H. The maximum Gasteiger partial charge on any atom is 0.0787 e. The summed E-state index contributed by atoms with van der Waals surface area (Å²) in [6.07, 6.45) is 1.95. The van der Waals surface area contributed by atoms with E-state index in [0.29, 0.717) is 0 Å². The molecule has 0 spiro atoms. The highest BCUT2D eigenvalue weighted by molar-refractivity contribution is 6.27. The molecule has 70 heavy (non-hydrogen) atoms. The molecule has 0 aliphatic rings. The molecule has 0 aliphatic carbocycles. The Bertz CT molecular complexity index is 4600. The highest BCUT2D eigenvalue weighted by Gasteiger charge is 2.20. The van der Waals surface area contributed by atoms with Crippen LogP contribution in [-0.2, 0) is 0 Å². The molecule has 0 radical (unpaired) electrons. The molecule has 0 amide bonds. The number of pyridine rings is 1. The maximum atomic E-state index is 5.40. The number of aromatic nitrogens is 5. The number of benzene rings is 10. The normalized spacial score (nSPS) is 12.0. The molecule has 0 saturated heterocycles. The van der Waals surface area contributed by atoms with E-state index >= 15 is 0 Å². The number of para-hydroxylation sites is 8. The molecule has 4 heterocycles. The summed E-state index contributed by atoms with van der Waals surface area (Å²) in [7, 11) is 0. The van der Waals surface area contributed by atoms with Crippen LogP contribution in [0, 0.1) is 0 Å². The Labute approximate surface area is 401 Å². The van der Waals surface area contributed by atoms with Crippen LogP contribution in [0.1, 0.15) is 0 Å². The van der Waals surface area contributed by atoms with E-state index in [1.54, 1.807) is 0 Å². The summed E-state index contributed by atoms with van der Waals surface area (Å²) in [6, 6.07) is 88.7. The summed E-state index contributed by atoms with van der Waals surface area (Å²) in [5.41, 5.74) is 14.4. The summed E-state index contributed by atoms with van der Waals surface area (Å²) in [5, 5.41) is 12.8. The van der Waals surface area contributed by atoms with Gasteiger partial charge in [-0.05, 0) is 130 Å². The van der Waals surface area contributed by atoms with Gasteiger partial charge in [-0.2, -0.15) is 0 Å². The van der Waals surface area contributed by atoms with Gasteiger partial charge >= 0.3 is 0 Å². The van der Waals surface area contributed by atoms with Gasteiger partial charge in [-0.1, -0.05) is 140 Å². The van der Waals surface area contributed by atoms with Gasteiger partial charge in [0.2, 0.25) is 0 Å². The predicted octanol–water partition coefficient (Wildman–Crippen LogP) is 16.9. The van der Waals surface area contributed by atoms with E-state index in [1.165, 1.54) is 43.6 Å². The maximum absolute atomic E-state index is 5.40. The Morgan fingerprint density at radius 2 is 0.543 bits per heavy atom. The second-order valence-corrected chi connectivity index (χ2v) is 18.3. The van der Waals surface area contributed by atoms with Crippen LogP contribution in [0.15, 0.2) is 249 Å². The minimum Gasteiger partial charge on any atom is -0.309 e. The van der Waals surface area contributed by atoms with Crippen molar-refractivity contribution in [3.8, 4) is 22.7 Å². The van der Waals surface area contributed by atoms with Crippen molar-refractivity contribution in [3.05, 3.63) is 249 Å². The van der Waals surface area contributed by atoms with Crippen molar-refractivity contribution in [2.24, 2.45) is 0 Å². The molecular formula is C65H41N5. The fourth-order valence-corrected chi connectivity index (χ4v) is 11.7. The van der Waals surface area contributed by atoms with Gasteiger partial charge in [0.1, 0.15) is 0 Å². The average Bonchev–Trinajstić information content (AvgIpc) is 3.95. The van der Waals surface area contributed by atoms with Crippen molar-refractivity contribution in [1.82, 2.24) is 23.3 Å². The van der Waals surface area contributed by atoms with Crippen LogP contribution in [0.25, 0.3) is 132 Å². The van der Waals surface area contributed by atoms with Gasteiger partial charge in [-0.3, -0.25) is 4.98 Å². The molecule has 0 unspecified atom stereocenters. The Hall–Kier alpha value is -9.45. The summed E-state index contributed by atoms with van der Waals surface area (Å²) in [5.74, 6) is 0. The van der Waals surface area contributed by atoms with Gasteiger partial charge in [0.25, 0.3) is 0 Å². The summed E-state index contributed by atoms with van der Waals surface area (Å²) < 4.78 is 9.72. The van der Waals surface area contributed by atoms with E-state index in [4.69, 9.17) is 4.98 Å². The lowest BCUT2D eigenvalue weighted by atomic mass is 9.95. The molecule has 0 saturated carbocycles. The van der Waals surface area contributed by atoms with Crippen molar-refractivity contribution in [2.75, 3.05) is 0 Å². The monoisotopic (exact) mass is 891 g/mol. The first-order chi connectivity index (χ1) is 34.8. The molecule has 5 heteroatoms. The first kappa shape index (κ1) is 38.6. The van der Waals surface area contributed by atoms with Gasteiger partial charge in [-0.25, -0.2) is 0 Å². The Balaban J connectivity index is 1.17. The molecular weight excluding hydrogens is 851 g/mol. The molecule has 4 aromatic heterocycles. The quantitative estimate of drug-likeness (QED) is 0.162. The van der Waals surface area contributed by atoms with E-state index in [9.17, 15) is 0 Å². The van der Waals surface area contributed by atoms with Crippen molar-refractivity contribution in [1.29, 1.82) is 0 Å². The smallest absolute Gasteiger partial charge is 0.0787 e. The first-order valence-electron chi connectivity index (χ1n) is 24.0. The van der Waals surface area contributed by atoms with Crippen LogP contribution in [0.2, 0.25) is 0 Å². The molecule has 326 valence electrons. The van der Waals surface area contributed by atoms with E-state index in [2.05, 4.69) is 261 Å². The molecule has 0 fully saturated rings. The lowest BCUT2D eigenvalue weighted by molar-refractivity contribution is 1.09. The molecule has 5 nitrogen and oxygen atoms in total. The molecule has 0 aliphatic heterocycles. The van der Waals surface area contributed by atoms with Crippen LogP contribution in [0.5, 0.6) is 0 Å². The van der Waals surface area contributed by atoms with Crippen LogP contribution in [0.4, 0.5) is 0 Å². The van der Waals surface area contributed by atoms with Crippen molar-refractivity contribution < 1.29 is 0 Å². The summed E-state index contributed by atoms with van der Waals surface area (Å²) in [4.78, 5) is 5.40. The average molecular weight is 892 g/mol. The number of nitrogens with zero attached hydrogens (tertiary/aromatic N) is 5. The molecule has 0 atom stereocenters. The Morgan fingerprint density at radius 3 is 1.00 bits per heavy atom. The van der Waals surface area contributed by atoms with E-state index in [0.717, 1.165) is 88.0 Å². The lowest BCUT2D eigenvalue weighted by Gasteiger charge is -2.23. The van der Waals surface area contributed by atoms with Crippen LogP contribution >= 0.6 is 0 Å². The molecule has 11 aromatic carbocycles. The molecule has 15 aromatic rings. The van der Waals surface area contributed by atoms with Gasteiger partial charge in [0.05, 0.1) is 49.7 Å². The van der Waals surface area contributed by atoms with Crippen molar-refractivity contribution in [2.45, 2.75) is 0 Å². The second kappa shape index (κ2) is 15.0. The zero-order chi connectivity index (χ0) is 45.9. The van der Waals surface area contributed by atoms with Gasteiger partial charge in [-0.15, -0.1) is 0 Å². The number of rotatable bonds is 4. The lowest BCUT2D eigenvalue weighted by Crippen LogP contribution is -2.08. The number of fused-ring (bicyclic) bond motifs is 16. The zero-order valence-electron chi connectivity index (χ0n) is 37.9. The zero-order valence-corrected chi connectivity index (χ0v) is 37.9. The van der Waals surface area contributed by atoms with Gasteiger partial charge < -0.3 is 18.3 Å². The Morgan fingerprint density at radius 1 is 0.200 bits per heavy atom. The van der Waals surface area contributed by atoms with Crippen molar-refractivity contribution >= 4 is 109 Å². The predicted molar refractivity (Wildman–Crippen MR) is 294 cm³/mol. The SMILES string of the molecule is c1ccc(-n2c3ccccc3n(-c3ccccc3)c3cc4c(cc32)c2cc(-n3c5ccccc5c5ccccc53)ccc2c2ccc(-n3c5ccccc5c5ccccc53)cc2c2cccnc24)cc1. The highest BCUT2D eigenvalue weighted by atomic mass is 15.1. The minimum absolute atomic E-state index is 0.937. The fraction of sp³-hybridized carbons (Fsp3) is 0. The topological polar surface area (TPSA) is 32.6 Å².